The van der Waals surface area contributed by atoms with Crippen LogP contribution < -0.4 is 5.32 Å². The Hall–Kier alpha value is -0.120. The minimum atomic E-state index is 0.335. The second-order valence-electron chi connectivity index (χ2n) is 7.40. The fraction of sp³-hybridized carbons (Fsp3) is 1.00. The van der Waals surface area contributed by atoms with Gasteiger partial charge < -0.3 is 10.4 Å². The minimum Gasteiger partial charge on any atom is -0.396 e. The summed E-state index contributed by atoms with van der Waals surface area (Å²) in [5, 5.41) is 13.0. The fourth-order valence-corrected chi connectivity index (χ4v) is 4.05. The molecule has 21 heavy (non-hydrogen) atoms. The standard InChI is InChI=1S/C18H36N2O/c1-3-10-19-18-9-8-15(2)13-16(18)14-20(11-5-12-21)17-6-4-7-17/h15-19,21H,3-14H2,1-2H3. The zero-order chi connectivity index (χ0) is 15.1. The molecular weight excluding hydrogens is 260 g/mol. The van der Waals surface area contributed by atoms with Gasteiger partial charge in [-0.2, -0.15) is 0 Å². The normalized spacial score (nSPS) is 30.6. The Bertz CT molecular complexity index is 278. The summed E-state index contributed by atoms with van der Waals surface area (Å²) in [4.78, 5) is 2.70. The Kier molecular flexibility index (Phi) is 7.48. The van der Waals surface area contributed by atoms with E-state index in [9.17, 15) is 0 Å². The highest BCUT2D eigenvalue weighted by Gasteiger charge is 2.32. The SMILES string of the molecule is CCCNC1CCC(C)CC1CN(CCCO)C1CCC1. The first-order valence-corrected chi connectivity index (χ1v) is 9.32. The highest BCUT2D eigenvalue weighted by molar-refractivity contribution is 4.88. The Morgan fingerprint density at radius 2 is 2.00 bits per heavy atom. The first-order chi connectivity index (χ1) is 10.2. The average molecular weight is 296 g/mol. The Balaban J connectivity index is 1.89. The molecule has 124 valence electrons. The van der Waals surface area contributed by atoms with Gasteiger partial charge >= 0.3 is 0 Å². The Morgan fingerprint density at radius 1 is 1.19 bits per heavy atom. The molecule has 0 radical (unpaired) electrons. The molecule has 0 aliphatic heterocycles. The number of aliphatic hydroxyl groups excluding tert-OH is 1. The summed E-state index contributed by atoms with van der Waals surface area (Å²) < 4.78 is 0. The van der Waals surface area contributed by atoms with Crippen molar-refractivity contribution in [3.05, 3.63) is 0 Å². The summed E-state index contributed by atoms with van der Waals surface area (Å²) in [6.45, 7) is 8.51. The third-order valence-electron chi connectivity index (χ3n) is 5.56. The number of rotatable bonds is 9. The zero-order valence-electron chi connectivity index (χ0n) is 14.2. The summed E-state index contributed by atoms with van der Waals surface area (Å²) >= 11 is 0. The fourth-order valence-electron chi connectivity index (χ4n) is 4.05. The van der Waals surface area contributed by atoms with Crippen LogP contribution >= 0.6 is 0 Å². The molecule has 3 atom stereocenters. The van der Waals surface area contributed by atoms with E-state index in [2.05, 4.69) is 24.1 Å². The average Bonchev–Trinajstić information content (AvgIpc) is 2.42. The number of hydrogen-bond donors (Lipinski definition) is 2. The maximum atomic E-state index is 9.16. The summed E-state index contributed by atoms with van der Waals surface area (Å²) in [7, 11) is 0. The highest BCUT2D eigenvalue weighted by Crippen LogP contribution is 2.32. The molecule has 3 unspecified atom stereocenters. The smallest absolute Gasteiger partial charge is 0.0443 e. The molecule has 2 N–H and O–H groups in total. The summed E-state index contributed by atoms with van der Waals surface area (Å²) in [5.41, 5.74) is 0. The van der Waals surface area contributed by atoms with Crippen LogP contribution in [0, 0.1) is 11.8 Å². The number of nitrogens with one attached hydrogen (secondary N) is 1. The minimum absolute atomic E-state index is 0.335. The summed E-state index contributed by atoms with van der Waals surface area (Å²) in [5.74, 6) is 1.69. The molecule has 0 aromatic heterocycles. The van der Waals surface area contributed by atoms with Crippen molar-refractivity contribution in [3.63, 3.8) is 0 Å². The van der Waals surface area contributed by atoms with Crippen molar-refractivity contribution in [1.82, 2.24) is 10.2 Å². The van der Waals surface area contributed by atoms with Gasteiger partial charge in [0.15, 0.2) is 0 Å². The van der Waals surface area contributed by atoms with Gasteiger partial charge in [-0.15, -0.1) is 0 Å². The van der Waals surface area contributed by atoms with Crippen LogP contribution in [0.3, 0.4) is 0 Å². The van der Waals surface area contributed by atoms with Gasteiger partial charge in [-0.3, -0.25) is 4.90 Å². The van der Waals surface area contributed by atoms with Crippen molar-refractivity contribution in [2.45, 2.75) is 77.3 Å². The molecule has 2 aliphatic rings. The largest absolute Gasteiger partial charge is 0.396 e. The predicted octanol–water partition coefficient (Wildman–Crippen LogP) is 3.03. The second kappa shape index (κ2) is 9.12. The van der Waals surface area contributed by atoms with Crippen molar-refractivity contribution < 1.29 is 5.11 Å². The molecule has 3 nitrogen and oxygen atoms in total. The van der Waals surface area contributed by atoms with E-state index in [0.717, 1.165) is 43.4 Å². The van der Waals surface area contributed by atoms with Gasteiger partial charge in [0.25, 0.3) is 0 Å². The summed E-state index contributed by atoms with van der Waals surface area (Å²) in [6.07, 6.45) is 10.4. The predicted molar refractivity (Wildman–Crippen MR) is 89.5 cm³/mol. The van der Waals surface area contributed by atoms with Crippen molar-refractivity contribution in [3.8, 4) is 0 Å². The molecule has 0 heterocycles. The molecule has 3 heteroatoms. The summed E-state index contributed by atoms with van der Waals surface area (Å²) in [6, 6.07) is 1.53. The molecule has 0 spiro atoms. The molecule has 2 fully saturated rings. The molecule has 0 saturated heterocycles. The van der Waals surface area contributed by atoms with Crippen LogP contribution in [0.4, 0.5) is 0 Å². The molecule has 0 bridgehead atoms. The van der Waals surface area contributed by atoms with E-state index < -0.39 is 0 Å². The molecule has 2 saturated carbocycles. The zero-order valence-corrected chi connectivity index (χ0v) is 14.2. The lowest BCUT2D eigenvalue weighted by atomic mass is 9.77. The molecule has 2 aliphatic carbocycles. The lowest BCUT2D eigenvalue weighted by molar-refractivity contribution is 0.0714. The Labute approximate surface area is 131 Å². The molecular formula is C18H36N2O. The van der Waals surface area contributed by atoms with Crippen LogP contribution in [0.25, 0.3) is 0 Å². The Morgan fingerprint density at radius 3 is 2.62 bits per heavy atom. The van der Waals surface area contributed by atoms with Crippen LogP contribution in [-0.2, 0) is 0 Å². The van der Waals surface area contributed by atoms with E-state index in [1.165, 1.54) is 51.5 Å². The van der Waals surface area contributed by atoms with E-state index in [4.69, 9.17) is 5.11 Å². The van der Waals surface area contributed by atoms with E-state index >= 15 is 0 Å². The highest BCUT2D eigenvalue weighted by atomic mass is 16.3. The second-order valence-corrected chi connectivity index (χ2v) is 7.40. The maximum absolute atomic E-state index is 9.16. The van der Waals surface area contributed by atoms with Gasteiger partial charge in [-0.25, -0.2) is 0 Å². The van der Waals surface area contributed by atoms with Gasteiger partial charge in [0.1, 0.15) is 0 Å². The maximum Gasteiger partial charge on any atom is 0.0443 e. The molecule has 0 amide bonds. The van der Waals surface area contributed by atoms with Crippen LogP contribution in [0.1, 0.15) is 65.2 Å². The van der Waals surface area contributed by atoms with Gasteiger partial charge in [0, 0.05) is 31.8 Å². The first-order valence-electron chi connectivity index (χ1n) is 9.32. The lowest BCUT2D eigenvalue weighted by Crippen LogP contribution is -2.50. The number of nitrogens with zero attached hydrogens (tertiary/aromatic N) is 1. The molecule has 0 aromatic rings. The van der Waals surface area contributed by atoms with Gasteiger partial charge in [-0.1, -0.05) is 20.3 Å². The van der Waals surface area contributed by atoms with Crippen LogP contribution in [0.15, 0.2) is 0 Å². The van der Waals surface area contributed by atoms with Crippen molar-refractivity contribution in [2.24, 2.45) is 11.8 Å². The van der Waals surface area contributed by atoms with Gasteiger partial charge in [-0.05, 0) is 63.3 Å². The number of hydrogen-bond acceptors (Lipinski definition) is 3. The van der Waals surface area contributed by atoms with Crippen LogP contribution in [0.5, 0.6) is 0 Å². The lowest BCUT2D eigenvalue weighted by Gasteiger charge is -2.43. The van der Waals surface area contributed by atoms with Gasteiger partial charge in [0.05, 0.1) is 0 Å². The van der Waals surface area contributed by atoms with Gasteiger partial charge in [0.2, 0.25) is 0 Å². The van der Waals surface area contributed by atoms with E-state index in [1.54, 1.807) is 0 Å². The van der Waals surface area contributed by atoms with Crippen LogP contribution in [0.2, 0.25) is 0 Å². The topological polar surface area (TPSA) is 35.5 Å². The third kappa shape index (κ3) is 5.22. The van der Waals surface area contributed by atoms with Crippen molar-refractivity contribution in [1.29, 1.82) is 0 Å². The number of aliphatic hydroxyl groups is 1. The molecule has 0 aromatic carbocycles. The van der Waals surface area contributed by atoms with Crippen molar-refractivity contribution >= 4 is 0 Å². The van der Waals surface area contributed by atoms with Crippen LogP contribution in [-0.4, -0.2) is 48.3 Å². The quantitative estimate of drug-likeness (QED) is 0.686. The van der Waals surface area contributed by atoms with E-state index in [-0.39, 0.29) is 0 Å². The van der Waals surface area contributed by atoms with E-state index in [0.29, 0.717) is 6.61 Å². The third-order valence-corrected chi connectivity index (χ3v) is 5.56. The first kappa shape index (κ1) is 17.2. The van der Waals surface area contributed by atoms with Crippen molar-refractivity contribution in [2.75, 3.05) is 26.2 Å². The monoisotopic (exact) mass is 296 g/mol. The molecule has 2 rings (SSSR count). The van der Waals surface area contributed by atoms with E-state index in [1.807, 2.05) is 0 Å².